The number of hydrogen-bond donors (Lipinski definition) is 2. The SMILES string of the molecule is O=C(COCCCN1CCN(C(c2ccccc2)c2ccccc2)CC1)Nc1nnn[nH]1. The van der Waals surface area contributed by atoms with Crippen LogP contribution < -0.4 is 5.32 Å². The summed E-state index contributed by atoms with van der Waals surface area (Å²) in [6.45, 7) is 5.57. The summed E-state index contributed by atoms with van der Waals surface area (Å²) in [6.07, 6.45) is 0.887. The average Bonchev–Trinajstić information content (AvgIpc) is 3.34. The van der Waals surface area contributed by atoms with Gasteiger partial charge in [0, 0.05) is 39.3 Å². The Labute approximate surface area is 187 Å². The van der Waals surface area contributed by atoms with Gasteiger partial charge in [-0.05, 0) is 28.0 Å². The topological polar surface area (TPSA) is 99.3 Å². The maximum absolute atomic E-state index is 11.7. The molecule has 9 nitrogen and oxygen atoms in total. The van der Waals surface area contributed by atoms with Gasteiger partial charge in [0.25, 0.3) is 5.91 Å². The third-order valence-electron chi connectivity index (χ3n) is 5.60. The Morgan fingerprint density at radius 2 is 1.66 bits per heavy atom. The van der Waals surface area contributed by atoms with Gasteiger partial charge in [-0.15, -0.1) is 0 Å². The molecule has 1 aliphatic heterocycles. The van der Waals surface area contributed by atoms with E-state index in [1.54, 1.807) is 0 Å². The highest BCUT2D eigenvalue weighted by Crippen LogP contribution is 2.29. The number of anilines is 1. The minimum Gasteiger partial charge on any atom is -0.372 e. The summed E-state index contributed by atoms with van der Waals surface area (Å²) in [5.41, 5.74) is 2.67. The van der Waals surface area contributed by atoms with Crippen molar-refractivity contribution in [2.24, 2.45) is 0 Å². The van der Waals surface area contributed by atoms with Crippen LogP contribution in [0.2, 0.25) is 0 Å². The van der Waals surface area contributed by atoms with E-state index in [9.17, 15) is 4.79 Å². The Bertz CT molecular complexity index is 890. The van der Waals surface area contributed by atoms with Crippen LogP contribution in [0.25, 0.3) is 0 Å². The van der Waals surface area contributed by atoms with Gasteiger partial charge in [0.2, 0.25) is 5.95 Å². The molecule has 0 saturated carbocycles. The van der Waals surface area contributed by atoms with Gasteiger partial charge < -0.3 is 9.64 Å². The third-order valence-corrected chi connectivity index (χ3v) is 5.60. The molecular formula is C23H29N7O2. The third kappa shape index (κ3) is 6.19. The van der Waals surface area contributed by atoms with Crippen LogP contribution in [-0.2, 0) is 9.53 Å². The lowest BCUT2D eigenvalue weighted by molar-refractivity contribution is -0.120. The highest BCUT2D eigenvalue weighted by atomic mass is 16.5. The molecule has 32 heavy (non-hydrogen) atoms. The normalized spacial score (nSPS) is 15.2. The molecule has 0 spiro atoms. The summed E-state index contributed by atoms with van der Waals surface area (Å²) in [5, 5.41) is 15.4. The fourth-order valence-electron chi connectivity index (χ4n) is 4.07. The van der Waals surface area contributed by atoms with E-state index in [1.807, 2.05) is 0 Å². The molecule has 168 valence electrons. The number of hydrogen-bond acceptors (Lipinski definition) is 7. The second-order valence-electron chi connectivity index (χ2n) is 7.81. The van der Waals surface area contributed by atoms with E-state index in [0.29, 0.717) is 6.61 Å². The Balaban J connectivity index is 1.20. The average molecular weight is 436 g/mol. The molecule has 0 unspecified atom stereocenters. The monoisotopic (exact) mass is 435 g/mol. The Hall–Kier alpha value is -3.14. The summed E-state index contributed by atoms with van der Waals surface area (Å²) in [7, 11) is 0. The lowest BCUT2D eigenvalue weighted by atomic mass is 9.96. The zero-order valence-electron chi connectivity index (χ0n) is 18.1. The molecular weight excluding hydrogens is 406 g/mol. The molecule has 0 bridgehead atoms. The molecule has 1 fully saturated rings. The van der Waals surface area contributed by atoms with E-state index >= 15 is 0 Å². The molecule has 1 amide bonds. The molecule has 1 saturated heterocycles. The Kier molecular flexibility index (Phi) is 7.91. The van der Waals surface area contributed by atoms with Crippen LogP contribution in [0.15, 0.2) is 60.7 Å². The van der Waals surface area contributed by atoms with Gasteiger partial charge in [0.1, 0.15) is 6.61 Å². The van der Waals surface area contributed by atoms with Gasteiger partial charge in [-0.25, -0.2) is 5.10 Å². The zero-order valence-corrected chi connectivity index (χ0v) is 18.1. The minimum atomic E-state index is -0.273. The van der Waals surface area contributed by atoms with Gasteiger partial charge in [-0.3, -0.25) is 15.0 Å². The first-order chi connectivity index (χ1) is 15.8. The van der Waals surface area contributed by atoms with Crippen molar-refractivity contribution in [3.05, 3.63) is 71.8 Å². The van der Waals surface area contributed by atoms with E-state index in [2.05, 4.69) is 96.4 Å². The van der Waals surface area contributed by atoms with Crippen molar-refractivity contribution in [2.75, 3.05) is 51.3 Å². The van der Waals surface area contributed by atoms with Gasteiger partial charge in [0.15, 0.2) is 0 Å². The first-order valence-corrected chi connectivity index (χ1v) is 11.0. The molecule has 2 aromatic carbocycles. The number of nitrogens with zero attached hydrogens (tertiary/aromatic N) is 5. The van der Waals surface area contributed by atoms with Crippen molar-refractivity contribution in [2.45, 2.75) is 12.5 Å². The molecule has 4 rings (SSSR count). The van der Waals surface area contributed by atoms with Crippen LogP contribution in [-0.4, -0.2) is 82.3 Å². The van der Waals surface area contributed by atoms with Crippen molar-refractivity contribution >= 4 is 11.9 Å². The number of aromatic nitrogens is 4. The number of nitrogens with one attached hydrogen (secondary N) is 2. The largest absolute Gasteiger partial charge is 0.372 e. The van der Waals surface area contributed by atoms with Gasteiger partial charge in [-0.1, -0.05) is 65.8 Å². The van der Waals surface area contributed by atoms with Crippen LogP contribution in [0.3, 0.4) is 0 Å². The zero-order chi connectivity index (χ0) is 22.0. The summed E-state index contributed by atoms with van der Waals surface area (Å²) in [4.78, 5) is 16.8. The second kappa shape index (κ2) is 11.5. The molecule has 9 heteroatoms. The van der Waals surface area contributed by atoms with E-state index in [0.717, 1.165) is 39.1 Å². The summed E-state index contributed by atoms with van der Waals surface area (Å²) in [5.74, 6) is -0.0502. The van der Waals surface area contributed by atoms with Crippen LogP contribution in [0.5, 0.6) is 0 Å². The van der Waals surface area contributed by atoms with E-state index < -0.39 is 0 Å². The molecule has 0 aliphatic carbocycles. The predicted octanol–water partition coefficient (Wildman–Crippen LogP) is 1.95. The number of tetrazole rings is 1. The van der Waals surface area contributed by atoms with E-state index in [4.69, 9.17) is 4.74 Å². The quantitative estimate of drug-likeness (QED) is 0.470. The molecule has 1 aliphatic rings. The maximum atomic E-state index is 11.7. The number of H-pyrrole nitrogens is 1. The Morgan fingerprint density at radius 1 is 1.00 bits per heavy atom. The predicted molar refractivity (Wildman–Crippen MR) is 121 cm³/mol. The van der Waals surface area contributed by atoms with Crippen LogP contribution in [0, 0.1) is 0 Å². The second-order valence-corrected chi connectivity index (χ2v) is 7.81. The fraction of sp³-hybridized carbons (Fsp3) is 0.391. The van der Waals surface area contributed by atoms with Crippen molar-refractivity contribution in [3.63, 3.8) is 0 Å². The smallest absolute Gasteiger partial charge is 0.252 e. The lowest BCUT2D eigenvalue weighted by Crippen LogP contribution is -2.48. The number of carbonyl (C=O) groups is 1. The van der Waals surface area contributed by atoms with Crippen molar-refractivity contribution in [1.82, 2.24) is 30.4 Å². The van der Waals surface area contributed by atoms with Crippen LogP contribution >= 0.6 is 0 Å². The fourth-order valence-corrected chi connectivity index (χ4v) is 4.07. The number of aromatic amines is 1. The van der Waals surface area contributed by atoms with Crippen molar-refractivity contribution in [1.29, 1.82) is 0 Å². The number of rotatable bonds is 10. The van der Waals surface area contributed by atoms with Crippen LogP contribution in [0.1, 0.15) is 23.6 Å². The van der Waals surface area contributed by atoms with Crippen LogP contribution in [0.4, 0.5) is 5.95 Å². The molecule has 2 N–H and O–H groups in total. The minimum absolute atomic E-state index is 0.00961. The first-order valence-electron chi connectivity index (χ1n) is 11.0. The molecule has 0 atom stereocenters. The van der Waals surface area contributed by atoms with E-state index in [1.165, 1.54) is 11.1 Å². The Morgan fingerprint density at radius 3 is 2.25 bits per heavy atom. The number of piperazine rings is 1. The number of carbonyl (C=O) groups excluding carboxylic acids is 1. The first kappa shape index (κ1) is 22.1. The highest BCUT2D eigenvalue weighted by Gasteiger charge is 2.26. The summed E-state index contributed by atoms with van der Waals surface area (Å²) >= 11 is 0. The van der Waals surface area contributed by atoms with Crippen molar-refractivity contribution in [3.8, 4) is 0 Å². The van der Waals surface area contributed by atoms with Gasteiger partial charge in [-0.2, -0.15) is 0 Å². The van der Waals surface area contributed by atoms with E-state index in [-0.39, 0.29) is 24.5 Å². The summed E-state index contributed by atoms with van der Waals surface area (Å²) < 4.78 is 5.48. The summed E-state index contributed by atoms with van der Waals surface area (Å²) in [6, 6.07) is 21.8. The van der Waals surface area contributed by atoms with Crippen molar-refractivity contribution < 1.29 is 9.53 Å². The number of benzene rings is 2. The van der Waals surface area contributed by atoms with Gasteiger partial charge >= 0.3 is 0 Å². The molecule has 2 heterocycles. The lowest BCUT2D eigenvalue weighted by Gasteiger charge is -2.39. The maximum Gasteiger partial charge on any atom is 0.252 e. The molecule has 3 aromatic rings. The number of amides is 1. The van der Waals surface area contributed by atoms with Gasteiger partial charge in [0.05, 0.1) is 6.04 Å². The molecule has 1 aromatic heterocycles. The molecule has 0 radical (unpaired) electrons. The highest BCUT2D eigenvalue weighted by molar-refractivity contribution is 5.89. The standard InChI is InChI=1S/C23H29N7O2/c31-21(24-23-25-27-28-26-23)18-32-17-7-12-29-13-15-30(16-14-29)22(19-8-3-1-4-9-19)20-10-5-2-6-11-20/h1-6,8-11,22H,7,12-18H2,(H2,24,25,26,27,28,31). The number of ether oxygens (including phenoxy) is 1.